The van der Waals surface area contributed by atoms with Crippen LogP contribution in [0.2, 0.25) is 0 Å². The second-order valence-corrected chi connectivity index (χ2v) is 10.6. The lowest BCUT2D eigenvalue weighted by Gasteiger charge is -2.27. The van der Waals surface area contributed by atoms with E-state index in [-0.39, 0.29) is 29.4 Å². The monoisotopic (exact) mass is 482 g/mol. The van der Waals surface area contributed by atoms with Crippen LogP contribution in [0.25, 0.3) is 0 Å². The molecular formula is C27H38N4O4. The van der Waals surface area contributed by atoms with E-state index in [0.29, 0.717) is 23.8 Å². The molecule has 8 heteroatoms. The number of nitro groups is 1. The van der Waals surface area contributed by atoms with E-state index in [2.05, 4.69) is 36.4 Å². The summed E-state index contributed by atoms with van der Waals surface area (Å²) in [5, 5.41) is 18.0. The number of nitrogens with one attached hydrogen (secondary N) is 2. The average Bonchev–Trinajstić information content (AvgIpc) is 2.82. The van der Waals surface area contributed by atoms with Crippen molar-refractivity contribution in [2.75, 3.05) is 6.54 Å². The summed E-state index contributed by atoms with van der Waals surface area (Å²) < 4.78 is 5.77. The van der Waals surface area contributed by atoms with E-state index in [4.69, 9.17) is 4.74 Å². The number of benzene rings is 1. The zero-order valence-corrected chi connectivity index (χ0v) is 21.1. The molecule has 1 aromatic heterocycles. The highest BCUT2D eigenvalue weighted by atomic mass is 16.6. The summed E-state index contributed by atoms with van der Waals surface area (Å²) in [6.45, 7) is 7.22. The minimum Gasteiger partial charge on any atom is -0.439 e. The molecule has 1 fully saturated rings. The molecule has 3 rings (SSSR count). The Labute approximate surface area is 208 Å². The lowest BCUT2D eigenvalue weighted by Crippen LogP contribution is -2.45. The predicted octanol–water partition coefficient (Wildman–Crippen LogP) is 5.76. The van der Waals surface area contributed by atoms with Crippen molar-refractivity contribution in [3.8, 4) is 11.6 Å². The Morgan fingerprint density at radius 2 is 1.91 bits per heavy atom. The van der Waals surface area contributed by atoms with Crippen LogP contribution in [0.3, 0.4) is 0 Å². The van der Waals surface area contributed by atoms with Gasteiger partial charge in [0.15, 0.2) is 0 Å². The predicted molar refractivity (Wildman–Crippen MR) is 136 cm³/mol. The first-order valence-electron chi connectivity index (χ1n) is 12.6. The molecule has 1 atom stereocenters. The number of pyridine rings is 1. The number of aromatic nitrogens is 1. The molecule has 1 amide bonds. The molecule has 0 spiro atoms. The minimum atomic E-state index is -0.449. The maximum Gasteiger partial charge on any atom is 0.292 e. The number of rotatable bonds is 11. The van der Waals surface area contributed by atoms with Gasteiger partial charge < -0.3 is 15.4 Å². The minimum absolute atomic E-state index is 0.0442. The van der Waals surface area contributed by atoms with Crippen molar-refractivity contribution in [3.05, 3.63) is 58.3 Å². The van der Waals surface area contributed by atoms with E-state index in [1.807, 2.05) is 18.2 Å². The molecule has 2 aromatic rings. The van der Waals surface area contributed by atoms with Crippen molar-refractivity contribution in [1.82, 2.24) is 15.6 Å². The van der Waals surface area contributed by atoms with Gasteiger partial charge in [0.2, 0.25) is 11.8 Å². The fourth-order valence-corrected chi connectivity index (χ4v) is 4.40. The summed E-state index contributed by atoms with van der Waals surface area (Å²) in [6, 6.07) is 10.3. The van der Waals surface area contributed by atoms with Gasteiger partial charge >= 0.3 is 0 Å². The molecule has 0 aliphatic heterocycles. The number of amides is 1. The van der Waals surface area contributed by atoms with Crippen molar-refractivity contribution in [2.45, 2.75) is 78.3 Å². The van der Waals surface area contributed by atoms with Crippen molar-refractivity contribution in [2.24, 2.45) is 11.3 Å². The highest BCUT2D eigenvalue weighted by Crippen LogP contribution is 2.29. The van der Waals surface area contributed by atoms with Gasteiger partial charge in [-0.2, -0.15) is 0 Å². The molecule has 35 heavy (non-hydrogen) atoms. The Balaban J connectivity index is 1.72. The topological polar surface area (TPSA) is 106 Å². The number of para-hydroxylation sites is 1. The van der Waals surface area contributed by atoms with Gasteiger partial charge in [0.05, 0.1) is 16.5 Å². The van der Waals surface area contributed by atoms with Gasteiger partial charge in [-0.25, -0.2) is 4.98 Å². The van der Waals surface area contributed by atoms with Crippen LogP contribution >= 0.6 is 0 Å². The number of hydrogen-bond donors (Lipinski definition) is 2. The van der Waals surface area contributed by atoms with E-state index in [1.165, 1.54) is 25.5 Å². The van der Waals surface area contributed by atoms with Crippen LogP contribution in [0.5, 0.6) is 11.6 Å². The number of carbonyl (C=O) groups excluding carboxylic acids is 1. The van der Waals surface area contributed by atoms with Gasteiger partial charge in [0.1, 0.15) is 11.9 Å². The third-order valence-electron chi connectivity index (χ3n) is 6.43. The Bertz CT molecular complexity index is 969. The molecule has 1 saturated carbocycles. The third kappa shape index (κ3) is 8.94. The third-order valence-corrected chi connectivity index (χ3v) is 6.43. The molecule has 0 saturated heterocycles. The summed E-state index contributed by atoms with van der Waals surface area (Å²) in [4.78, 5) is 28.4. The lowest BCUT2D eigenvalue weighted by molar-refractivity contribution is -0.386. The fourth-order valence-electron chi connectivity index (χ4n) is 4.40. The zero-order chi connectivity index (χ0) is 25.3. The van der Waals surface area contributed by atoms with Crippen molar-refractivity contribution < 1.29 is 14.5 Å². The molecule has 0 radical (unpaired) electrons. The molecule has 8 nitrogen and oxygen atoms in total. The number of nitrogens with zero attached hydrogens (tertiary/aromatic N) is 2. The second kappa shape index (κ2) is 12.6. The highest BCUT2D eigenvalue weighted by Gasteiger charge is 2.26. The smallest absolute Gasteiger partial charge is 0.292 e. The first kappa shape index (κ1) is 26.6. The number of ether oxygens (including phenoxy) is 1. The number of hydrogen-bond acceptors (Lipinski definition) is 6. The summed E-state index contributed by atoms with van der Waals surface area (Å²) in [5.41, 5.74) is 0.473. The van der Waals surface area contributed by atoms with Crippen LogP contribution in [0.1, 0.15) is 71.3 Å². The summed E-state index contributed by atoms with van der Waals surface area (Å²) in [5.74, 6) is 1.31. The van der Waals surface area contributed by atoms with Crippen molar-refractivity contribution >= 4 is 11.6 Å². The van der Waals surface area contributed by atoms with Crippen LogP contribution < -0.4 is 15.4 Å². The van der Waals surface area contributed by atoms with E-state index >= 15 is 0 Å². The van der Waals surface area contributed by atoms with Crippen molar-refractivity contribution in [1.29, 1.82) is 0 Å². The van der Waals surface area contributed by atoms with Gasteiger partial charge in [0.25, 0.3) is 5.69 Å². The van der Waals surface area contributed by atoms with Crippen molar-refractivity contribution in [3.63, 3.8) is 0 Å². The molecule has 190 valence electrons. The lowest BCUT2D eigenvalue weighted by atomic mass is 9.84. The van der Waals surface area contributed by atoms with E-state index in [9.17, 15) is 14.9 Å². The van der Waals surface area contributed by atoms with Gasteiger partial charge in [-0.1, -0.05) is 71.1 Å². The van der Waals surface area contributed by atoms with Crippen LogP contribution in [0.4, 0.5) is 5.69 Å². The largest absolute Gasteiger partial charge is 0.439 e. The number of carbonyl (C=O) groups is 1. The fraction of sp³-hybridized carbons (Fsp3) is 0.556. The van der Waals surface area contributed by atoms with Gasteiger partial charge in [-0.15, -0.1) is 0 Å². The normalized spacial score (nSPS) is 15.4. The molecule has 1 aliphatic rings. The zero-order valence-electron chi connectivity index (χ0n) is 21.1. The van der Waals surface area contributed by atoms with Gasteiger partial charge in [-0.05, 0) is 36.3 Å². The van der Waals surface area contributed by atoms with Gasteiger partial charge in [0, 0.05) is 19.2 Å². The molecule has 1 aromatic carbocycles. The molecule has 1 heterocycles. The summed E-state index contributed by atoms with van der Waals surface area (Å²) in [6.07, 6.45) is 8.71. The quantitative estimate of drug-likeness (QED) is 0.311. The Kier molecular flexibility index (Phi) is 9.60. The van der Waals surface area contributed by atoms with E-state index in [0.717, 1.165) is 25.7 Å². The molecule has 2 N–H and O–H groups in total. The first-order valence-corrected chi connectivity index (χ1v) is 12.6. The highest BCUT2D eigenvalue weighted by molar-refractivity contribution is 5.81. The summed E-state index contributed by atoms with van der Waals surface area (Å²) in [7, 11) is 0. The summed E-state index contributed by atoms with van der Waals surface area (Å²) >= 11 is 0. The van der Waals surface area contributed by atoms with Crippen LogP contribution in [-0.4, -0.2) is 28.4 Å². The maximum absolute atomic E-state index is 13.1. The Morgan fingerprint density at radius 3 is 2.57 bits per heavy atom. The van der Waals surface area contributed by atoms with E-state index in [1.54, 1.807) is 18.2 Å². The average molecular weight is 483 g/mol. The Hall–Kier alpha value is -3.00. The van der Waals surface area contributed by atoms with Gasteiger partial charge in [-0.3, -0.25) is 14.9 Å². The van der Waals surface area contributed by atoms with Crippen LogP contribution in [0, 0.1) is 21.4 Å². The van der Waals surface area contributed by atoms with Crippen LogP contribution in [0.15, 0.2) is 42.6 Å². The van der Waals surface area contributed by atoms with Crippen LogP contribution in [-0.2, 0) is 11.3 Å². The maximum atomic E-state index is 13.1. The Morgan fingerprint density at radius 1 is 1.20 bits per heavy atom. The molecule has 0 bridgehead atoms. The SMILES string of the molecule is CC(C)(C)CCNC(=O)C(CC1CCCCC1)NCc1cc(Oc2ccccc2)ncc1[N+](=O)[O-]. The molecular weight excluding hydrogens is 444 g/mol. The molecule has 1 aliphatic carbocycles. The van der Waals surface area contributed by atoms with E-state index < -0.39 is 11.0 Å². The second-order valence-electron chi connectivity index (χ2n) is 10.6. The standard InChI is InChI=1S/C27H38N4O4/c1-27(2,3)14-15-28-26(32)23(16-20-10-6-4-7-11-20)29-18-21-17-25(30-19-24(21)31(33)34)35-22-12-8-5-9-13-22/h5,8-9,12-13,17,19-20,23,29H,4,6-7,10-11,14-16,18H2,1-3H3,(H,28,32). The first-order chi connectivity index (χ1) is 16.7. The molecule has 1 unspecified atom stereocenters.